The van der Waals surface area contributed by atoms with Gasteiger partial charge in [-0.2, -0.15) is 0 Å². The summed E-state index contributed by atoms with van der Waals surface area (Å²) in [5.74, 6) is -2.27. The van der Waals surface area contributed by atoms with E-state index in [-0.39, 0.29) is 39.2 Å². The fourth-order valence-corrected chi connectivity index (χ4v) is 1.78. The molecule has 0 aliphatic heterocycles. The second-order valence-electron chi connectivity index (χ2n) is 4.93. The van der Waals surface area contributed by atoms with Crippen LogP contribution in [0, 0.1) is 10.1 Å². The van der Waals surface area contributed by atoms with Gasteiger partial charge in [0.1, 0.15) is 19.3 Å². The molecular weight excluding hydrogens is 354 g/mol. The number of aromatic amines is 1. The summed E-state index contributed by atoms with van der Waals surface area (Å²) in [6.45, 7) is -0.800. The van der Waals surface area contributed by atoms with Gasteiger partial charge in [0.15, 0.2) is 0 Å². The molecule has 0 aromatic carbocycles. The van der Waals surface area contributed by atoms with Crippen molar-refractivity contribution in [3.05, 3.63) is 28.3 Å². The highest BCUT2D eigenvalue weighted by atomic mass is 17.0. The van der Waals surface area contributed by atoms with E-state index in [0.29, 0.717) is 5.69 Å². The van der Waals surface area contributed by atoms with E-state index in [1.54, 1.807) is 0 Å². The van der Waals surface area contributed by atoms with Gasteiger partial charge in [-0.15, -0.1) is 10.1 Å². The minimum atomic E-state index is -1.20. The Labute approximate surface area is 147 Å². The molecule has 0 fully saturated rings. The molecule has 0 aliphatic rings. The summed E-state index contributed by atoms with van der Waals surface area (Å²) in [5.41, 5.74) is 0.490. The number of aliphatic carboxylic acids is 1. The Hall–Kier alpha value is -3.22. The lowest BCUT2D eigenvalue weighted by Crippen LogP contribution is -2.43. The highest BCUT2D eigenvalue weighted by Crippen LogP contribution is 1.99. The Morgan fingerprint density at radius 2 is 2.12 bits per heavy atom. The Balaban J connectivity index is 2.18. The van der Waals surface area contributed by atoms with Crippen LogP contribution in [-0.4, -0.2) is 70.4 Å². The molecule has 13 heteroatoms. The molecule has 0 saturated carbocycles. The van der Waals surface area contributed by atoms with Crippen molar-refractivity contribution in [2.45, 2.75) is 18.9 Å². The lowest BCUT2D eigenvalue weighted by atomic mass is 10.1. The quantitative estimate of drug-likeness (QED) is 0.177. The standard InChI is InChI=1S/C13H19N5O8/c19-11(17-10(13(21)22)5-9-6-14-8-16-9)1-2-15-12(20)7-25-3-4-26-18(23)24/h6,8,10H,1-5,7H2,(H,14,16)(H,15,20)(H,17,19)(H,21,22)/t10-/m0/s1. The normalized spacial score (nSPS) is 11.4. The SMILES string of the molecule is O=C(COCCO[N+](=O)[O-])NCCC(=O)N[C@@H](Cc1c[nH]cn1)C(=O)O. The summed E-state index contributed by atoms with van der Waals surface area (Å²) in [6, 6.07) is -1.13. The van der Waals surface area contributed by atoms with Gasteiger partial charge in [-0.3, -0.25) is 9.59 Å². The maximum atomic E-state index is 11.8. The summed E-state index contributed by atoms with van der Waals surface area (Å²) in [6.07, 6.45) is 2.83. The van der Waals surface area contributed by atoms with Crippen molar-refractivity contribution in [2.75, 3.05) is 26.4 Å². The summed E-state index contributed by atoms with van der Waals surface area (Å²) >= 11 is 0. The van der Waals surface area contributed by atoms with Crippen molar-refractivity contribution in [3.8, 4) is 0 Å². The number of rotatable bonds is 13. The maximum absolute atomic E-state index is 11.8. The van der Waals surface area contributed by atoms with Gasteiger partial charge in [-0.1, -0.05) is 0 Å². The van der Waals surface area contributed by atoms with Crippen LogP contribution in [0.2, 0.25) is 0 Å². The number of carboxylic acid groups (broad SMARTS) is 1. The number of amides is 2. The van der Waals surface area contributed by atoms with E-state index in [4.69, 9.17) is 9.84 Å². The number of carbonyl (C=O) groups is 3. The zero-order valence-electron chi connectivity index (χ0n) is 13.7. The molecule has 1 atom stereocenters. The van der Waals surface area contributed by atoms with Crippen LogP contribution in [0.5, 0.6) is 0 Å². The molecule has 1 rings (SSSR count). The minimum Gasteiger partial charge on any atom is -0.480 e. The molecule has 0 spiro atoms. The van der Waals surface area contributed by atoms with Crippen molar-refractivity contribution < 1.29 is 34.2 Å². The van der Waals surface area contributed by atoms with Crippen LogP contribution in [0.15, 0.2) is 12.5 Å². The first-order valence-electron chi connectivity index (χ1n) is 7.50. The zero-order valence-corrected chi connectivity index (χ0v) is 13.7. The lowest BCUT2D eigenvalue weighted by molar-refractivity contribution is -0.758. The molecule has 0 bridgehead atoms. The molecule has 13 nitrogen and oxygen atoms in total. The van der Waals surface area contributed by atoms with Gasteiger partial charge >= 0.3 is 5.97 Å². The number of carboxylic acids is 1. The van der Waals surface area contributed by atoms with Gasteiger partial charge in [-0.05, 0) is 0 Å². The van der Waals surface area contributed by atoms with Crippen LogP contribution in [0.25, 0.3) is 0 Å². The fourth-order valence-electron chi connectivity index (χ4n) is 1.78. The molecule has 1 heterocycles. The monoisotopic (exact) mass is 373 g/mol. The minimum absolute atomic E-state index is 0.0197. The van der Waals surface area contributed by atoms with Gasteiger partial charge in [0.25, 0.3) is 5.09 Å². The van der Waals surface area contributed by atoms with Gasteiger partial charge in [0.05, 0.1) is 18.6 Å². The first kappa shape index (κ1) is 20.8. The fraction of sp³-hybridized carbons (Fsp3) is 0.538. The predicted octanol–water partition coefficient (Wildman–Crippen LogP) is -1.75. The molecular formula is C13H19N5O8. The number of imidazole rings is 1. The van der Waals surface area contributed by atoms with Crippen LogP contribution in [0.1, 0.15) is 12.1 Å². The van der Waals surface area contributed by atoms with Crippen molar-refractivity contribution in [1.29, 1.82) is 0 Å². The van der Waals surface area contributed by atoms with Crippen molar-refractivity contribution in [1.82, 2.24) is 20.6 Å². The number of hydrogen-bond acceptors (Lipinski definition) is 8. The second-order valence-corrected chi connectivity index (χ2v) is 4.93. The molecule has 0 unspecified atom stereocenters. The molecule has 0 saturated heterocycles. The van der Waals surface area contributed by atoms with Crippen LogP contribution >= 0.6 is 0 Å². The third-order valence-corrected chi connectivity index (χ3v) is 2.93. The summed E-state index contributed by atoms with van der Waals surface area (Å²) in [5, 5.41) is 22.8. The second kappa shape index (κ2) is 11.4. The van der Waals surface area contributed by atoms with Gasteiger partial charge in [0, 0.05) is 25.6 Å². The Kier molecular flexibility index (Phi) is 9.09. The van der Waals surface area contributed by atoms with E-state index in [2.05, 4.69) is 25.4 Å². The molecule has 144 valence electrons. The molecule has 0 aliphatic carbocycles. The topological polar surface area (TPSA) is 186 Å². The van der Waals surface area contributed by atoms with Crippen LogP contribution in [-0.2, 0) is 30.4 Å². The number of H-pyrrole nitrogens is 1. The van der Waals surface area contributed by atoms with Gasteiger partial charge in [-0.25, -0.2) is 9.78 Å². The van der Waals surface area contributed by atoms with E-state index in [1.165, 1.54) is 12.5 Å². The highest BCUT2D eigenvalue weighted by Gasteiger charge is 2.21. The van der Waals surface area contributed by atoms with Crippen LogP contribution in [0.4, 0.5) is 0 Å². The maximum Gasteiger partial charge on any atom is 0.326 e. The van der Waals surface area contributed by atoms with E-state index in [1.807, 2.05) is 0 Å². The number of hydrogen-bond donors (Lipinski definition) is 4. The molecule has 1 aromatic rings. The van der Waals surface area contributed by atoms with Crippen molar-refractivity contribution >= 4 is 17.8 Å². The van der Waals surface area contributed by atoms with E-state index >= 15 is 0 Å². The highest BCUT2D eigenvalue weighted by molar-refractivity contribution is 5.84. The number of aromatic nitrogens is 2. The first-order chi connectivity index (χ1) is 12.4. The Morgan fingerprint density at radius 1 is 1.35 bits per heavy atom. The smallest absolute Gasteiger partial charge is 0.326 e. The Bertz CT molecular complexity index is 606. The number of ether oxygens (including phenoxy) is 1. The molecule has 1 aromatic heterocycles. The average Bonchev–Trinajstić information content (AvgIpc) is 3.06. The van der Waals surface area contributed by atoms with E-state index in [9.17, 15) is 24.5 Å². The summed E-state index contributed by atoms with van der Waals surface area (Å²) < 4.78 is 4.83. The average molecular weight is 373 g/mol. The van der Waals surface area contributed by atoms with Gasteiger partial charge < -0.3 is 30.3 Å². The summed E-state index contributed by atoms with van der Waals surface area (Å²) in [4.78, 5) is 54.8. The van der Waals surface area contributed by atoms with E-state index < -0.39 is 28.9 Å². The Morgan fingerprint density at radius 3 is 2.73 bits per heavy atom. The van der Waals surface area contributed by atoms with Crippen molar-refractivity contribution in [2.24, 2.45) is 0 Å². The van der Waals surface area contributed by atoms with Crippen LogP contribution in [0.3, 0.4) is 0 Å². The van der Waals surface area contributed by atoms with E-state index in [0.717, 1.165) is 0 Å². The summed E-state index contributed by atoms with van der Waals surface area (Å²) in [7, 11) is 0. The largest absolute Gasteiger partial charge is 0.480 e. The van der Waals surface area contributed by atoms with Gasteiger partial charge in [0.2, 0.25) is 11.8 Å². The molecule has 2 amide bonds. The predicted molar refractivity (Wildman–Crippen MR) is 83.3 cm³/mol. The number of nitrogens with zero attached hydrogens (tertiary/aromatic N) is 2. The third kappa shape index (κ3) is 9.17. The van der Waals surface area contributed by atoms with Crippen molar-refractivity contribution in [3.63, 3.8) is 0 Å². The zero-order chi connectivity index (χ0) is 19.4. The number of carbonyl (C=O) groups excluding carboxylic acids is 2. The molecule has 26 heavy (non-hydrogen) atoms. The third-order valence-electron chi connectivity index (χ3n) is 2.93. The lowest BCUT2D eigenvalue weighted by Gasteiger charge is -2.13. The number of nitrogens with one attached hydrogen (secondary N) is 3. The molecule has 4 N–H and O–H groups in total. The molecule has 0 radical (unpaired) electrons. The first-order valence-corrected chi connectivity index (χ1v) is 7.50. The van der Waals surface area contributed by atoms with Crippen LogP contribution < -0.4 is 10.6 Å².